The number of nitrogens with one attached hydrogen (secondary N) is 2. The molecule has 0 heterocycles. The Bertz CT molecular complexity index is 981. The van der Waals surface area contributed by atoms with Crippen LogP contribution in [0.5, 0.6) is 5.75 Å². The van der Waals surface area contributed by atoms with E-state index in [0.717, 1.165) is 12.1 Å². The molecule has 0 aliphatic rings. The molecule has 0 spiro atoms. The Hall–Kier alpha value is -3.05. The highest BCUT2D eigenvalue weighted by Gasteiger charge is 2.22. The van der Waals surface area contributed by atoms with Gasteiger partial charge in [0.05, 0.1) is 16.9 Å². The first kappa shape index (κ1) is 21.3. The maximum atomic E-state index is 13.5. The van der Waals surface area contributed by atoms with Gasteiger partial charge in [-0.1, -0.05) is 18.2 Å². The van der Waals surface area contributed by atoms with Crippen molar-refractivity contribution < 1.29 is 27.3 Å². The van der Waals surface area contributed by atoms with Gasteiger partial charge < -0.3 is 10.1 Å². The van der Waals surface area contributed by atoms with Gasteiger partial charge in [0.15, 0.2) is 5.75 Å². The Balaban J connectivity index is 1.93. The molecule has 0 fully saturated rings. The van der Waals surface area contributed by atoms with E-state index in [1.54, 1.807) is 6.07 Å². The third-order valence-electron chi connectivity index (χ3n) is 3.74. The van der Waals surface area contributed by atoms with Crippen molar-refractivity contribution in [3.05, 3.63) is 64.0 Å². The van der Waals surface area contributed by atoms with E-state index in [-0.39, 0.29) is 30.2 Å². The highest BCUT2D eigenvalue weighted by molar-refractivity contribution is 7.89. The van der Waals surface area contributed by atoms with Gasteiger partial charge in [-0.15, -0.1) is 0 Å². The lowest BCUT2D eigenvalue weighted by Gasteiger charge is -2.09. The summed E-state index contributed by atoms with van der Waals surface area (Å²) in [6.45, 7) is -0.256. The molecule has 2 N–H and O–H groups in total. The standard InChI is InChI=1S/C17H18FN3O6S/c1-27-16-7-6-13(10-15(16)21(23)24)28(25,26)20-9-8-17(22)19-11-12-4-2-3-5-14(12)18/h2-7,10,20H,8-9,11H2,1H3,(H,19,22). The number of halogens is 1. The highest BCUT2D eigenvalue weighted by Crippen LogP contribution is 2.29. The molecule has 28 heavy (non-hydrogen) atoms. The van der Waals surface area contributed by atoms with E-state index in [0.29, 0.717) is 5.56 Å². The third-order valence-corrected chi connectivity index (χ3v) is 5.19. The van der Waals surface area contributed by atoms with Gasteiger partial charge in [-0.05, 0) is 18.2 Å². The Morgan fingerprint density at radius 2 is 1.96 bits per heavy atom. The van der Waals surface area contributed by atoms with Crippen LogP contribution in [0.2, 0.25) is 0 Å². The molecule has 1 amide bonds. The Morgan fingerprint density at radius 3 is 2.61 bits per heavy atom. The number of sulfonamides is 1. The summed E-state index contributed by atoms with van der Waals surface area (Å²) in [7, 11) is -2.83. The van der Waals surface area contributed by atoms with Gasteiger partial charge in [0.1, 0.15) is 5.82 Å². The Labute approximate surface area is 160 Å². The smallest absolute Gasteiger partial charge is 0.312 e. The van der Waals surface area contributed by atoms with Gasteiger partial charge in [0.25, 0.3) is 0 Å². The van der Waals surface area contributed by atoms with Crippen LogP contribution in [0.4, 0.5) is 10.1 Å². The van der Waals surface area contributed by atoms with Crippen molar-refractivity contribution in [2.24, 2.45) is 0 Å². The average molecular weight is 411 g/mol. The van der Waals surface area contributed by atoms with E-state index in [4.69, 9.17) is 4.74 Å². The first-order chi connectivity index (χ1) is 13.2. The van der Waals surface area contributed by atoms with Crippen LogP contribution in [0.15, 0.2) is 47.4 Å². The molecule has 0 atom stereocenters. The van der Waals surface area contributed by atoms with Gasteiger partial charge in [0, 0.05) is 31.1 Å². The number of rotatable bonds is 9. The fourth-order valence-electron chi connectivity index (χ4n) is 2.29. The van der Waals surface area contributed by atoms with E-state index in [1.807, 2.05) is 0 Å². The Morgan fingerprint density at radius 1 is 1.25 bits per heavy atom. The summed E-state index contributed by atoms with van der Waals surface area (Å²) in [5.74, 6) is -1.01. The molecule has 0 radical (unpaired) electrons. The second-order valence-electron chi connectivity index (χ2n) is 5.61. The molecule has 0 aromatic heterocycles. The van der Waals surface area contributed by atoms with Crippen LogP contribution in [0.1, 0.15) is 12.0 Å². The van der Waals surface area contributed by atoms with Gasteiger partial charge >= 0.3 is 5.69 Å². The molecule has 2 aromatic carbocycles. The minimum atomic E-state index is -4.06. The number of carbonyl (C=O) groups excluding carboxylic acids is 1. The number of ether oxygens (including phenoxy) is 1. The summed E-state index contributed by atoms with van der Waals surface area (Å²) in [6, 6.07) is 9.16. The van der Waals surface area contributed by atoms with E-state index < -0.39 is 32.4 Å². The summed E-state index contributed by atoms with van der Waals surface area (Å²) in [6.07, 6.45) is -0.189. The van der Waals surface area contributed by atoms with Crippen molar-refractivity contribution in [2.45, 2.75) is 17.9 Å². The molecule has 11 heteroatoms. The largest absolute Gasteiger partial charge is 0.490 e. The second kappa shape index (κ2) is 9.24. The van der Waals surface area contributed by atoms with Crippen LogP contribution < -0.4 is 14.8 Å². The first-order valence-corrected chi connectivity index (χ1v) is 9.55. The fourth-order valence-corrected chi connectivity index (χ4v) is 3.34. The maximum Gasteiger partial charge on any atom is 0.312 e. The van der Waals surface area contributed by atoms with Gasteiger partial charge in [0.2, 0.25) is 15.9 Å². The van der Waals surface area contributed by atoms with Crippen molar-refractivity contribution in [2.75, 3.05) is 13.7 Å². The Kier molecular flexibility index (Phi) is 7.01. The SMILES string of the molecule is COc1ccc(S(=O)(=O)NCCC(=O)NCc2ccccc2F)cc1[N+](=O)[O-]. The van der Waals surface area contributed by atoms with Crippen LogP contribution in [-0.4, -0.2) is 32.9 Å². The predicted octanol–water partition coefficient (Wildman–Crippen LogP) is 1.73. The fraction of sp³-hybridized carbons (Fsp3) is 0.235. The molecular weight excluding hydrogens is 393 g/mol. The molecule has 0 aliphatic heterocycles. The average Bonchev–Trinajstić information content (AvgIpc) is 2.66. The van der Waals surface area contributed by atoms with Crippen LogP contribution in [0.25, 0.3) is 0 Å². The zero-order valence-corrected chi connectivity index (χ0v) is 15.7. The summed E-state index contributed by atoms with van der Waals surface area (Å²) in [4.78, 5) is 21.7. The minimum absolute atomic E-state index is 0.0249. The van der Waals surface area contributed by atoms with E-state index >= 15 is 0 Å². The van der Waals surface area contributed by atoms with Crippen LogP contribution in [0.3, 0.4) is 0 Å². The zero-order valence-electron chi connectivity index (χ0n) is 14.8. The zero-order chi connectivity index (χ0) is 20.7. The van der Waals surface area contributed by atoms with E-state index in [1.165, 1.54) is 31.4 Å². The molecular formula is C17H18FN3O6S. The van der Waals surface area contributed by atoms with Crippen LogP contribution >= 0.6 is 0 Å². The first-order valence-electron chi connectivity index (χ1n) is 8.07. The molecule has 0 unspecified atom stereocenters. The van der Waals surface area contributed by atoms with Gasteiger partial charge in [-0.25, -0.2) is 17.5 Å². The van der Waals surface area contributed by atoms with Crippen molar-refractivity contribution in [1.82, 2.24) is 10.0 Å². The quantitative estimate of drug-likeness (QED) is 0.478. The summed E-state index contributed by atoms with van der Waals surface area (Å²) < 4.78 is 45.0. The lowest BCUT2D eigenvalue weighted by atomic mass is 10.2. The number of benzene rings is 2. The van der Waals surface area contributed by atoms with E-state index in [2.05, 4.69) is 10.0 Å². The summed E-state index contributed by atoms with van der Waals surface area (Å²) in [5.41, 5.74) is -0.185. The number of carbonyl (C=O) groups is 1. The van der Waals surface area contributed by atoms with Gasteiger partial charge in [-0.3, -0.25) is 14.9 Å². The van der Waals surface area contributed by atoms with Crippen LogP contribution in [0, 0.1) is 15.9 Å². The lowest BCUT2D eigenvalue weighted by Crippen LogP contribution is -2.30. The lowest BCUT2D eigenvalue weighted by molar-refractivity contribution is -0.386. The molecule has 0 aliphatic carbocycles. The predicted molar refractivity (Wildman–Crippen MR) is 97.7 cm³/mol. The van der Waals surface area contributed by atoms with Crippen LogP contribution in [-0.2, 0) is 21.4 Å². The molecule has 2 rings (SSSR count). The summed E-state index contributed by atoms with van der Waals surface area (Å²) in [5, 5.41) is 13.5. The second-order valence-corrected chi connectivity index (χ2v) is 7.37. The number of hydrogen-bond acceptors (Lipinski definition) is 6. The maximum absolute atomic E-state index is 13.5. The number of amides is 1. The number of hydrogen-bond donors (Lipinski definition) is 2. The monoisotopic (exact) mass is 411 g/mol. The van der Waals surface area contributed by atoms with Crippen molar-refractivity contribution in [3.8, 4) is 5.75 Å². The number of methoxy groups -OCH3 is 1. The molecule has 0 bridgehead atoms. The van der Waals surface area contributed by atoms with Crippen molar-refractivity contribution >= 4 is 21.6 Å². The third kappa shape index (κ3) is 5.47. The molecule has 150 valence electrons. The summed E-state index contributed by atoms with van der Waals surface area (Å²) >= 11 is 0. The normalized spacial score (nSPS) is 11.1. The molecule has 2 aromatic rings. The number of nitro benzene ring substituents is 1. The van der Waals surface area contributed by atoms with Crippen molar-refractivity contribution in [1.29, 1.82) is 0 Å². The number of nitro groups is 1. The minimum Gasteiger partial charge on any atom is -0.490 e. The molecule has 0 saturated heterocycles. The number of nitrogens with zero attached hydrogens (tertiary/aromatic N) is 1. The highest BCUT2D eigenvalue weighted by atomic mass is 32.2. The molecule has 0 saturated carbocycles. The van der Waals surface area contributed by atoms with Crippen molar-refractivity contribution in [3.63, 3.8) is 0 Å². The van der Waals surface area contributed by atoms with Gasteiger partial charge in [-0.2, -0.15) is 0 Å². The van der Waals surface area contributed by atoms with E-state index in [9.17, 15) is 27.7 Å². The topological polar surface area (TPSA) is 128 Å². The molecule has 9 nitrogen and oxygen atoms in total.